The minimum absolute atomic E-state index is 0.201. The zero-order chi connectivity index (χ0) is 25.8. The highest BCUT2D eigenvalue weighted by atomic mass is 16.5. The zero-order valence-electron chi connectivity index (χ0n) is 21.0. The number of carbonyl (C=O) groups excluding carboxylic acids is 2. The van der Waals surface area contributed by atoms with Gasteiger partial charge in [-0.2, -0.15) is 0 Å². The van der Waals surface area contributed by atoms with Crippen LogP contribution in [0.5, 0.6) is 0 Å². The van der Waals surface area contributed by atoms with Gasteiger partial charge >= 0.3 is 5.97 Å². The summed E-state index contributed by atoms with van der Waals surface area (Å²) in [5.41, 5.74) is 7.67. The predicted molar refractivity (Wildman–Crippen MR) is 147 cm³/mol. The highest BCUT2D eigenvalue weighted by Gasteiger charge is 2.23. The molecule has 0 aliphatic heterocycles. The summed E-state index contributed by atoms with van der Waals surface area (Å²) in [4.78, 5) is 31.0. The van der Waals surface area contributed by atoms with E-state index in [-0.39, 0.29) is 18.9 Å². The fourth-order valence-corrected chi connectivity index (χ4v) is 5.01. The number of esters is 1. The van der Waals surface area contributed by atoms with Crippen molar-refractivity contribution in [3.63, 3.8) is 0 Å². The van der Waals surface area contributed by atoms with Crippen LogP contribution >= 0.6 is 0 Å². The molecule has 0 fully saturated rings. The summed E-state index contributed by atoms with van der Waals surface area (Å²) in [5.74, 6) is -0.632. The number of aromatic nitrogens is 1. The molecule has 1 aromatic heterocycles. The van der Waals surface area contributed by atoms with Crippen molar-refractivity contribution in [3.05, 3.63) is 118 Å². The molecule has 5 heteroatoms. The molecule has 37 heavy (non-hydrogen) atoms. The number of hydrogen-bond donors (Lipinski definition) is 1. The third-order valence-electron chi connectivity index (χ3n) is 6.95. The standard InChI is InChI=1S/C32H30N2O3/c1-3-37-32(36)21(2)20-27-24-15-13-22-9-11-23(12-10-22)14-16-25(18-17-24)29(27)31(35)34-28-8-4-6-26-7-5-19-33-30(26)28/h4-12,17-19H,2-3,13-16,20H2,1H3,(H,34,35). The molecule has 0 spiro atoms. The van der Waals surface area contributed by atoms with E-state index in [4.69, 9.17) is 4.74 Å². The molecule has 1 amide bonds. The summed E-state index contributed by atoms with van der Waals surface area (Å²) in [6.45, 7) is 6.06. The molecule has 0 saturated carbocycles. The number of nitrogens with zero attached hydrogens (tertiary/aromatic N) is 1. The van der Waals surface area contributed by atoms with Crippen molar-refractivity contribution in [3.8, 4) is 0 Å². The molecule has 4 aromatic rings. The van der Waals surface area contributed by atoms with E-state index < -0.39 is 5.97 Å². The number of para-hydroxylation sites is 1. The summed E-state index contributed by atoms with van der Waals surface area (Å²) in [7, 11) is 0. The van der Waals surface area contributed by atoms with E-state index in [2.05, 4.69) is 53.3 Å². The van der Waals surface area contributed by atoms with Gasteiger partial charge in [-0.25, -0.2) is 4.79 Å². The van der Waals surface area contributed by atoms with Gasteiger partial charge in [0.05, 0.1) is 17.8 Å². The second-order valence-corrected chi connectivity index (χ2v) is 9.39. The van der Waals surface area contributed by atoms with Crippen LogP contribution in [-0.4, -0.2) is 23.5 Å². The van der Waals surface area contributed by atoms with Gasteiger partial charge in [-0.15, -0.1) is 0 Å². The molecule has 186 valence electrons. The Hall–Kier alpha value is -4.25. The molecule has 5 nitrogen and oxygen atoms in total. The van der Waals surface area contributed by atoms with Crippen LogP contribution in [0.2, 0.25) is 0 Å². The lowest BCUT2D eigenvalue weighted by atomic mass is 9.86. The van der Waals surface area contributed by atoms with Crippen molar-refractivity contribution < 1.29 is 14.3 Å². The van der Waals surface area contributed by atoms with Crippen LogP contribution in [0.3, 0.4) is 0 Å². The van der Waals surface area contributed by atoms with E-state index in [0.717, 1.165) is 46.9 Å². The average molecular weight is 491 g/mol. The van der Waals surface area contributed by atoms with Crippen molar-refractivity contribution in [2.75, 3.05) is 11.9 Å². The number of fused-ring (bicyclic) bond motifs is 1. The number of hydrogen-bond acceptors (Lipinski definition) is 4. The number of ether oxygens (including phenoxy) is 1. The number of rotatable bonds is 6. The molecular weight excluding hydrogens is 460 g/mol. The Morgan fingerprint density at radius 1 is 0.892 bits per heavy atom. The second kappa shape index (κ2) is 10.8. The van der Waals surface area contributed by atoms with Crippen LogP contribution < -0.4 is 5.32 Å². The normalized spacial score (nSPS) is 12.6. The molecule has 4 bridgehead atoms. The van der Waals surface area contributed by atoms with Crippen molar-refractivity contribution in [1.82, 2.24) is 4.98 Å². The Labute approximate surface area is 217 Å². The first kappa shape index (κ1) is 24.4. The fraction of sp³-hybridized carbons (Fsp3) is 0.219. The molecule has 3 aromatic carbocycles. The van der Waals surface area contributed by atoms with Gasteiger partial charge in [0.1, 0.15) is 0 Å². The molecule has 0 saturated heterocycles. The highest BCUT2D eigenvalue weighted by molar-refractivity contribution is 6.10. The third-order valence-corrected chi connectivity index (χ3v) is 6.95. The molecular formula is C32H30N2O3. The Morgan fingerprint density at radius 3 is 2.30 bits per heavy atom. The van der Waals surface area contributed by atoms with Gasteiger partial charge in [0.2, 0.25) is 0 Å². The minimum atomic E-state index is -0.431. The van der Waals surface area contributed by atoms with Gasteiger partial charge in [-0.05, 0) is 72.6 Å². The third kappa shape index (κ3) is 5.31. The highest BCUT2D eigenvalue weighted by Crippen LogP contribution is 2.29. The van der Waals surface area contributed by atoms with E-state index >= 15 is 0 Å². The summed E-state index contributed by atoms with van der Waals surface area (Å²) < 4.78 is 5.21. The van der Waals surface area contributed by atoms with Crippen molar-refractivity contribution in [1.29, 1.82) is 0 Å². The maximum Gasteiger partial charge on any atom is 0.333 e. The molecule has 8 rings (SSSR count). The van der Waals surface area contributed by atoms with Gasteiger partial charge in [0.25, 0.3) is 5.91 Å². The zero-order valence-corrected chi connectivity index (χ0v) is 21.0. The number of aryl methyl sites for hydroxylation is 4. The van der Waals surface area contributed by atoms with Gasteiger partial charge in [0, 0.05) is 29.1 Å². The Morgan fingerprint density at radius 2 is 1.57 bits per heavy atom. The Kier molecular flexibility index (Phi) is 7.13. The van der Waals surface area contributed by atoms with Crippen LogP contribution in [0.15, 0.2) is 85.1 Å². The van der Waals surface area contributed by atoms with Crippen LogP contribution in [0.4, 0.5) is 5.69 Å². The van der Waals surface area contributed by atoms with Crippen molar-refractivity contribution in [2.24, 2.45) is 0 Å². The van der Waals surface area contributed by atoms with Crippen LogP contribution in [0.25, 0.3) is 10.9 Å². The summed E-state index contributed by atoms with van der Waals surface area (Å²) >= 11 is 0. The Balaban J connectivity index is 1.59. The van der Waals surface area contributed by atoms with Crippen molar-refractivity contribution >= 4 is 28.5 Å². The summed E-state index contributed by atoms with van der Waals surface area (Å²) in [6.07, 6.45) is 5.09. The maximum atomic E-state index is 14.0. The first-order chi connectivity index (χ1) is 18.0. The number of amides is 1. The maximum absolute atomic E-state index is 14.0. The lowest BCUT2D eigenvalue weighted by Gasteiger charge is -2.21. The lowest BCUT2D eigenvalue weighted by Crippen LogP contribution is -2.21. The molecule has 0 unspecified atom stereocenters. The van der Waals surface area contributed by atoms with Gasteiger partial charge < -0.3 is 10.1 Å². The van der Waals surface area contributed by atoms with Gasteiger partial charge in [-0.3, -0.25) is 9.78 Å². The second-order valence-electron chi connectivity index (χ2n) is 9.39. The summed E-state index contributed by atoms with van der Waals surface area (Å²) in [6, 6.07) is 22.5. The topological polar surface area (TPSA) is 68.3 Å². The summed E-state index contributed by atoms with van der Waals surface area (Å²) in [5, 5.41) is 4.08. The molecule has 1 heterocycles. The van der Waals surface area contributed by atoms with E-state index in [9.17, 15) is 9.59 Å². The number of pyridine rings is 1. The van der Waals surface area contributed by atoms with Crippen molar-refractivity contribution in [2.45, 2.75) is 39.0 Å². The minimum Gasteiger partial charge on any atom is -0.463 e. The number of anilines is 1. The van der Waals surface area contributed by atoms with E-state index in [0.29, 0.717) is 23.2 Å². The quantitative estimate of drug-likeness (QED) is 0.265. The predicted octanol–water partition coefficient (Wildman–Crippen LogP) is 6.03. The number of carbonyl (C=O) groups is 2. The van der Waals surface area contributed by atoms with Crippen LogP contribution in [-0.2, 0) is 41.6 Å². The molecule has 0 radical (unpaired) electrons. The first-order valence-corrected chi connectivity index (χ1v) is 12.7. The van der Waals surface area contributed by atoms with Gasteiger partial charge in [0.15, 0.2) is 0 Å². The SMILES string of the molecule is C=C(Cc1c2ccc(c1C(=O)Nc1cccc3cccnc13)CCc1ccc(cc1)CC2)C(=O)OCC. The number of benzene rings is 3. The van der Waals surface area contributed by atoms with E-state index in [1.807, 2.05) is 30.3 Å². The molecule has 1 N–H and O–H groups in total. The largest absolute Gasteiger partial charge is 0.463 e. The Bertz CT molecular complexity index is 1480. The molecule has 0 atom stereocenters. The monoisotopic (exact) mass is 490 g/mol. The van der Waals surface area contributed by atoms with Crippen LogP contribution in [0, 0.1) is 0 Å². The van der Waals surface area contributed by atoms with E-state index in [1.165, 1.54) is 11.1 Å². The average Bonchev–Trinajstić information content (AvgIpc) is 2.90. The lowest BCUT2D eigenvalue weighted by molar-refractivity contribution is -0.138. The molecule has 4 aliphatic rings. The first-order valence-electron chi connectivity index (χ1n) is 12.7. The molecule has 4 aliphatic carbocycles. The van der Waals surface area contributed by atoms with Gasteiger partial charge in [-0.1, -0.05) is 61.2 Å². The van der Waals surface area contributed by atoms with Crippen LogP contribution in [0.1, 0.15) is 45.1 Å². The smallest absolute Gasteiger partial charge is 0.333 e. The van der Waals surface area contributed by atoms with E-state index in [1.54, 1.807) is 13.1 Å². The fourth-order valence-electron chi connectivity index (χ4n) is 5.01. The number of nitrogens with one attached hydrogen (secondary N) is 1.